The lowest BCUT2D eigenvalue weighted by Crippen LogP contribution is -2.48. The summed E-state index contributed by atoms with van der Waals surface area (Å²) in [6, 6.07) is 8.71. The highest BCUT2D eigenvalue weighted by molar-refractivity contribution is 6.30. The number of aromatic nitrogens is 5. The summed E-state index contributed by atoms with van der Waals surface area (Å²) in [5, 5.41) is 17.0. The Morgan fingerprint density at radius 1 is 1.23 bits per heavy atom. The molecule has 3 atom stereocenters. The molecule has 1 aliphatic heterocycles. The smallest absolute Gasteiger partial charge is 0.322 e. The van der Waals surface area contributed by atoms with Gasteiger partial charge in [0.25, 0.3) is 0 Å². The van der Waals surface area contributed by atoms with Gasteiger partial charge in [0.15, 0.2) is 0 Å². The third-order valence-electron chi connectivity index (χ3n) is 5.99. The van der Waals surface area contributed by atoms with Crippen molar-refractivity contribution in [2.45, 2.75) is 45.7 Å². The predicted molar refractivity (Wildman–Crippen MR) is 117 cm³/mol. The Morgan fingerprint density at radius 2 is 2.03 bits per heavy atom. The molecular formula is C21H26ClN7O2. The first-order valence-corrected chi connectivity index (χ1v) is 11.2. The number of benzene rings is 1. The van der Waals surface area contributed by atoms with E-state index in [1.807, 2.05) is 29.8 Å². The minimum Gasteiger partial charge on any atom is -0.424 e. The summed E-state index contributed by atoms with van der Waals surface area (Å²) in [5.41, 5.74) is 0. The summed E-state index contributed by atoms with van der Waals surface area (Å²) in [6.07, 6.45) is 3.25. The van der Waals surface area contributed by atoms with Crippen molar-refractivity contribution >= 4 is 23.6 Å². The first kappa shape index (κ1) is 20.1. The molecule has 0 amide bonds. The average molecular weight is 444 g/mol. The van der Waals surface area contributed by atoms with Crippen LogP contribution in [0.2, 0.25) is 5.02 Å². The monoisotopic (exact) mass is 443 g/mol. The van der Waals surface area contributed by atoms with Crippen LogP contribution in [0.1, 0.15) is 32.1 Å². The van der Waals surface area contributed by atoms with E-state index < -0.39 is 0 Å². The molecule has 2 fully saturated rings. The maximum atomic E-state index is 6.09. The van der Waals surface area contributed by atoms with Crippen LogP contribution < -0.4 is 15.0 Å². The molecule has 1 N–H and O–H groups in total. The number of ether oxygens (including phenoxy) is 1. The largest absolute Gasteiger partial charge is 0.424 e. The standard InChI is InChI=1S/C21H26ClN7O2/c1-3-9-29-20(31-17-6-4-5-16(22)10-17)24-19(27-29)23-18-14-7-8-15(18)12-28(11-14)21-26-25-13(2)30-21/h4-6,10,14-15,18H,3,7-9,11-12H2,1-2H3,(H,23,27)/t14-,15+,18-. The molecule has 0 unspecified atom stereocenters. The Bertz CT molecular complexity index is 1040. The first-order valence-electron chi connectivity index (χ1n) is 10.8. The number of piperidine rings is 1. The fourth-order valence-corrected chi connectivity index (χ4v) is 4.82. The predicted octanol–water partition coefficient (Wildman–Crippen LogP) is 4.15. The van der Waals surface area contributed by atoms with Crippen molar-refractivity contribution in [3.05, 3.63) is 35.2 Å². The zero-order valence-electron chi connectivity index (χ0n) is 17.7. The molecule has 5 rings (SSSR count). The van der Waals surface area contributed by atoms with Crippen LogP contribution in [-0.4, -0.2) is 44.1 Å². The molecule has 10 heteroatoms. The maximum Gasteiger partial charge on any atom is 0.322 e. The van der Waals surface area contributed by atoms with Crippen LogP contribution in [0, 0.1) is 18.8 Å². The number of aryl methyl sites for hydroxylation is 2. The van der Waals surface area contributed by atoms with Crippen LogP contribution in [-0.2, 0) is 6.54 Å². The Balaban J connectivity index is 1.31. The van der Waals surface area contributed by atoms with Crippen molar-refractivity contribution in [3.63, 3.8) is 0 Å². The highest BCUT2D eigenvalue weighted by Gasteiger charge is 2.43. The van der Waals surface area contributed by atoms with Gasteiger partial charge in [-0.25, -0.2) is 4.68 Å². The zero-order valence-corrected chi connectivity index (χ0v) is 18.4. The second kappa shape index (κ2) is 8.37. The third kappa shape index (κ3) is 4.19. The summed E-state index contributed by atoms with van der Waals surface area (Å²) < 4.78 is 13.4. The van der Waals surface area contributed by atoms with Gasteiger partial charge in [-0.05, 0) is 49.3 Å². The van der Waals surface area contributed by atoms with Crippen molar-refractivity contribution < 1.29 is 9.15 Å². The van der Waals surface area contributed by atoms with Crippen LogP contribution in [0.5, 0.6) is 11.8 Å². The number of hydrogen-bond donors (Lipinski definition) is 1. The Morgan fingerprint density at radius 3 is 2.71 bits per heavy atom. The number of fused-ring (bicyclic) bond motifs is 2. The molecular weight excluding hydrogens is 418 g/mol. The van der Waals surface area contributed by atoms with E-state index in [0.29, 0.717) is 52.5 Å². The van der Waals surface area contributed by atoms with E-state index in [2.05, 4.69) is 37.4 Å². The molecule has 2 aromatic heterocycles. The lowest BCUT2D eigenvalue weighted by atomic mass is 9.92. The topological polar surface area (TPSA) is 94.1 Å². The van der Waals surface area contributed by atoms with E-state index >= 15 is 0 Å². The fraction of sp³-hybridized carbons (Fsp3) is 0.524. The normalized spacial score (nSPS) is 22.7. The molecule has 1 aliphatic carbocycles. The second-order valence-electron chi connectivity index (χ2n) is 8.28. The van der Waals surface area contributed by atoms with Gasteiger partial charge >= 0.3 is 12.0 Å². The molecule has 1 saturated heterocycles. The van der Waals surface area contributed by atoms with E-state index in [0.717, 1.165) is 38.9 Å². The molecule has 2 aliphatic rings. The van der Waals surface area contributed by atoms with Crippen LogP contribution in [0.15, 0.2) is 28.7 Å². The number of nitrogens with zero attached hydrogens (tertiary/aromatic N) is 6. The molecule has 3 aromatic rings. The SMILES string of the molecule is CCCn1nc(N[C@@H]2[C@@H]3CC[C@H]2CN(c2nnc(C)o2)C3)nc1Oc1cccc(Cl)c1. The van der Waals surface area contributed by atoms with Gasteiger partial charge in [-0.2, -0.15) is 4.98 Å². The first-order chi connectivity index (χ1) is 15.1. The zero-order chi connectivity index (χ0) is 21.4. The third-order valence-corrected chi connectivity index (χ3v) is 6.23. The Hall–Kier alpha value is -2.81. The van der Waals surface area contributed by atoms with Crippen molar-refractivity contribution in [2.24, 2.45) is 11.8 Å². The summed E-state index contributed by atoms with van der Waals surface area (Å²) in [5.74, 6) is 2.80. The molecule has 1 saturated carbocycles. The summed E-state index contributed by atoms with van der Waals surface area (Å²) in [4.78, 5) is 6.85. The molecule has 0 spiro atoms. The van der Waals surface area contributed by atoms with Crippen molar-refractivity contribution in [3.8, 4) is 11.8 Å². The van der Waals surface area contributed by atoms with E-state index in [1.54, 1.807) is 6.07 Å². The lowest BCUT2D eigenvalue weighted by molar-refractivity contribution is 0.357. The average Bonchev–Trinajstić information content (AvgIpc) is 3.39. The fourth-order valence-electron chi connectivity index (χ4n) is 4.64. The molecule has 164 valence electrons. The van der Waals surface area contributed by atoms with Crippen molar-refractivity contribution in [1.82, 2.24) is 25.0 Å². The Kier molecular flexibility index (Phi) is 5.43. The van der Waals surface area contributed by atoms with Crippen molar-refractivity contribution in [2.75, 3.05) is 23.3 Å². The molecule has 9 nitrogen and oxygen atoms in total. The lowest BCUT2D eigenvalue weighted by Gasteiger charge is -2.37. The number of rotatable bonds is 7. The number of halogens is 1. The highest BCUT2D eigenvalue weighted by Crippen LogP contribution is 2.40. The summed E-state index contributed by atoms with van der Waals surface area (Å²) in [7, 11) is 0. The van der Waals surface area contributed by atoms with Crippen molar-refractivity contribution in [1.29, 1.82) is 0 Å². The van der Waals surface area contributed by atoms with Crippen LogP contribution in [0.3, 0.4) is 0 Å². The molecule has 31 heavy (non-hydrogen) atoms. The van der Waals surface area contributed by atoms with Crippen LogP contribution in [0.4, 0.5) is 12.0 Å². The molecule has 3 heterocycles. The quantitative estimate of drug-likeness (QED) is 0.581. The van der Waals surface area contributed by atoms with Gasteiger partial charge < -0.3 is 19.4 Å². The summed E-state index contributed by atoms with van der Waals surface area (Å²) in [6.45, 7) is 6.43. The van der Waals surface area contributed by atoms with E-state index in [9.17, 15) is 0 Å². The van der Waals surface area contributed by atoms with E-state index in [-0.39, 0.29) is 0 Å². The van der Waals surface area contributed by atoms with Gasteiger partial charge in [0.2, 0.25) is 11.8 Å². The maximum absolute atomic E-state index is 6.09. The van der Waals surface area contributed by atoms with Gasteiger partial charge in [-0.1, -0.05) is 29.7 Å². The number of hydrogen-bond acceptors (Lipinski definition) is 8. The molecule has 2 bridgehead atoms. The van der Waals surface area contributed by atoms with Gasteiger partial charge in [0.1, 0.15) is 5.75 Å². The van der Waals surface area contributed by atoms with Gasteiger partial charge in [0.05, 0.1) is 0 Å². The highest BCUT2D eigenvalue weighted by atomic mass is 35.5. The second-order valence-corrected chi connectivity index (χ2v) is 8.71. The minimum absolute atomic E-state index is 0.316. The van der Waals surface area contributed by atoms with Crippen LogP contribution >= 0.6 is 11.6 Å². The summed E-state index contributed by atoms with van der Waals surface area (Å²) >= 11 is 6.09. The van der Waals surface area contributed by atoms with Gasteiger partial charge in [-0.3, -0.25) is 0 Å². The van der Waals surface area contributed by atoms with E-state index in [4.69, 9.17) is 20.8 Å². The van der Waals surface area contributed by atoms with Gasteiger partial charge in [-0.15, -0.1) is 10.2 Å². The minimum atomic E-state index is 0.316. The van der Waals surface area contributed by atoms with Gasteiger partial charge in [0, 0.05) is 37.6 Å². The van der Waals surface area contributed by atoms with E-state index in [1.165, 1.54) is 0 Å². The molecule has 0 radical (unpaired) electrons. The number of nitrogens with one attached hydrogen (secondary N) is 1. The van der Waals surface area contributed by atoms with Crippen LogP contribution in [0.25, 0.3) is 0 Å². The Labute approximate surface area is 185 Å². The molecule has 1 aromatic carbocycles. The number of anilines is 2.